The third kappa shape index (κ3) is 2.69. The van der Waals surface area contributed by atoms with Crippen molar-refractivity contribution in [2.24, 2.45) is 5.92 Å². The molecule has 13 heavy (non-hydrogen) atoms. The Balaban J connectivity index is 2.18. The molecule has 0 atom stereocenters. The average Bonchev–Trinajstić information content (AvgIpc) is 1.94. The molecule has 0 aliphatic carbocycles. The number of likely N-dealkylation sites (tertiary alicyclic amines) is 1. The summed E-state index contributed by atoms with van der Waals surface area (Å²) in [7, 11) is 1.88. The molecule has 0 bridgehead atoms. The summed E-state index contributed by atoms with van der Waals surface area (Å²) in [6.07, 6.45) is 0. The summed E-state index contributed by atoms with van der Waals surface area (Å²) in [6.45, 7) is 9.26. The van der Waals surface area contributed by atoms with E-state index < -0.39 is 0 Å². The Morgan fingerprint density at radius 3 is 2.46 bits per heavy atom. The van der Waals surface area contributed by atoms with E-state index in [1.807, 2.05) is 11.9 Å². The zero-order valence-corrected chi connectivity index (χ0v) is 9.08. The Morgan fingerprint density at radius 1 is 1.54 bits per heavy atom. The van der Waals surface area contributed by atoms with Gasteiger partial charge in [-0.3, -0.25) is 4.79 Å². The van der Waals surface area contributed by atoms with Crippen molar-refractivity contribution in [2.45, 2.75) is 26.8 Å². The zero-order valence-electron chi connectivity index (χ0n) is 9.08. The molecule has 0 saturated carbocycles. The molecule has 1 amide bonds. The van der Waals surface area contributed by atoms with Crippen molar-refractivity contribution in [1.29, 1.82) is 0 Å². The summed E-state index contributed by atoms with van der Waals surface area (Å²) >= 11 is 0. The molecular formula is C10H20N2O. The molecule has 0 aromatic carbocycles. The van der Waals surface area contributed by atoms with Crippen LogP contribution in [0, 0.1) is 5.92 Å². The second kappa shape index (κ2) is 4.09. The van der Waals surface area contributed by atoms with Gasteiger partial charge >= 0.3 is 0 Å². The molecule has 0 N–H and O–H groups in total. The van der Waals surface area contributed by atoms with Crippen molar-refractivity contribution in [3.05, 3.63) is 0 Å². The fraction of sp³-hybridized carbons (Fsp3) is 0.900. The Bertz CT molecular complexity index is 185. The Kier molecular flexibility index (Phi) is 3.31. The molecular weight excluding hydrogens is 164 g/mol. The van der Waals surface area contributed by atoms with Crippen LogP contribution in [0.25, 0.3) is 0 Å². The monoisotopic (exact) mass is 184 g/mol. The van der Waals surface area contributed by atoms with Gasteiger partial charge in [0.05, 0.1) is 0 Å². The Morgan fingerprint density at radius 2 is 2.08 bits per heavy atom. The van der Waals surface area contributed by atoms with Gasteiger partial charge in [-0.05, 0) is 13.8 Å². The highest BCUT2D eigenvalue weighted by Gasteiger charge is 2.29. The van der Waals surface area contributed by atoms with Crippen LogP contribution in [0.2, 0.25) is 0 Å². The van der Waals surface area contributed by atoms with Crippen LogP contribution in [0.3, 0.4) is 0 Å². The van der Waals surface area contributed by atoms with Crippen molar-refractivity contribution < 1.29 is 4.79 Å². The maximum absolute atomic E-state index is 10.9. The van der Waals surface area contributed by atoms with E-state index in [1.54, 1.807) is 6.92 Å². The lowest BCUT2D eigenvalue weighted by Gasteiger charge is -2.43. The predicted molar refractivity (Wildman–Crippen MR) is 53.5 cm³/mol. The van der Waals surface area contributed by atoms with Crippen LogP contribution in [0.15, 0.2) is 0 Å². The largest absolute Gasteiger partial charge is 0.346 e. The van der Waals surface area contributed by atoms with Gasteiger partial charge in [0.2, 0.25) is 5.91 Å². The summed E-state index contributed by atoms with van der Waals surface area (Å²) in [6, 6.07) is 0.652. The molecule has 3 nitrogen and oxygen atoms in total. The number of hydrogen-bond acceptors (Lipinski definition) is 2. The van der Waals surface area contributed by atoms with E-state index in [0.29, 0.717) is 12.0 Å². The lowest BCUT2D eigenvalue weighted by atomic mass is 9.98. The highest BCUT2D eigenvalue weighted by atomic mass is 16.2. The molecule has 1 heterocycles. The summed E-state index contributed by atoms with van der Waals surface area (Å²) in [5.74, 6) is 0.860. The van der Waals surface area contributed by atoms with E-state index in [1.165, 1.54) is 0 Å². The minimum absolute atomic E-state index is 0.169. The second-order valence-corrected chi connectivity index (χ2v) is 4.31. The third-order valence-electron chi connectivity index (χ3n) is 2.79. The molecule has 0 spiro atoms. The van der Waals surface area contributed by atoms with Crippen LogP contribution in [-0.4, -0.2) is 48.4 Å². The molecule has 0 aromatic heterocycles. The van der Waals surface area contributed by atoms with Crippen LogP contribution < -0.4 is 0 Å². The summed E-state index contributed by atoms with van der Waals surface area (Å²) in [5.41, 5.74) is 0. The molecule has 0 radical (unpaired) electrons. The van der Waals surface area contributed by atoms with Gasteiger partial charge in [0.25, 0.3) is 0 Å². The van der Waals surface area contributed by atoms with Crippen molar-refractivity contribution >= 4 is 5.91 Å². The first-order valence-electron chi connectivity index (χ1n) is 4.96. The fourth-order valence-corrected chi connectivity index (χ4v) is 1.66. The smallest absolute Gasteiger partial charge is 0.219 e. The molecule has 0 unspecified atom stereocenters. The second-order valence-electron chi connectivity index (χ2n) is 4.31. The molecule has 1 aliphatic rings. The van der Waals surface area contributed by atoms with E-state index in [9.17, 15) is 4.79 Å². The molecule has 0 aromatic rings. The Labute approximate surface area is 80.7 Å². The quantitative estimate of drug-likeness (QED) is 0.648. The lowest BCUT2D eigenvalue weighted by molar-refractivity contribution is -0.129. The topological polar surface area (TPSA) is 23.6 Å². The van der Waals surface area contributed by atoms with Crippen LogP contribution in [0.4, 0.5) is 0 Å². The van der Waals surface area contributed by atoms with Crippen molar-refractivity contribution in [1.82, 2.24) is 9.80 Å². The van der Waals surface area contributed by atoms with Gasteiger partial charge in [-0.15, -0.1) is 0 Å². The van der Waals surface area contributed by atoms with Crippen LogP contribution in [-0.2, 0) is 4.79 Å². The van der Waals surface area contributed by atoms with Crippen molar-refractivity contribution in [2.75, 3.05) is 26.7 Å². The van der Waals surface area contributed by atoms with E-state index in [4.69, 9.17) is 0 Å². The van der Waals surface area contributed by atoms with E-state index >= 15 is 0 Å². The van der Waals surface area contributed by atoms with Gasteiger partial charge in [0, 0.05) is 45.6 Å². The summed E-state index contributed by atoms with van der Waals surface area (Å²) in [5, 5.41) is 0. The first-order valence-corrected chi connectivity index (χ1v) is 4.96. The van der Waals surface area contributed by atoms with Crippen LogP contribution in [0.1, 0.15) is 20.8 Å². The molecule has 3 heteroatoms. The average molecular weight is 184 g/mol. The number of carbonyl (C=O) groups is 1. The van der Waals surface area contributed by atoms with Crippen LogP contribution in [0.5, 0.6) is 0 Å². The molecule has 1 aliphatic heterocycles. The van der Waals surface area contributed by atoms with E-state index in [-0.39, 0.29) is 5.91 Å². The predicted octanol–water partition coefficient (Wildman–Crippen LogP) is 0.805. The molecule has 76 valence electrons. The summed E-state index contributed by atoms with van der Waals surface area (Å²) < 4.78 is 0. The number of nitrogens with zero attached hydrogens (tertiary/aromatic N) is 2. The molecule has 1 fully saturated rings. The first kappa shape index (κ1) is 10.5. The van der Waals surface area contributed by atoms with E-state index in [2.05, 4.69) is 18.7 Å². The minimum atomic E-state index is 0.169. The third-order valence-corrected chi connectivity index (χ3v) is 2.79. The van der Waals surface area contributed by atoms with Gasteiger partial charge < -0.3 is 9.80 Å². The highest BCUT2D eigenvalue weighted by molar-refractivity contribution is 5.72. The number of carbonyl (C=O) groups excluding carboxylic acids is 1. The molecule has 1 saturated heterocycles. The van der Waals surface area contributed by atoms with Crippen molar-refractivity contribution in [3.63, 3.8) is 0 Å². The number of hydrogen-bond donors (Lipinski definition) is 0. The number of amides is 1. The SMILES string of the molecule is CC(=O)N(C)CC1CN(C(C)C)C1. The van der Waals surface area contributed by atoms with Crippen molar-refractivity contribution in [3.8, 4) is 0 Å². The normalized spacial score (nSPS) is 18.8. The van der Waals surface area contributed by atoms with Gasteiger partial charge in [-0.1, -0.05) is 0 Å². The molecule has 1 rings (SSSR count). The standard InChI is InChI=1S/C10H20N2O/c1-8(2)12-6-10(7-12)5-11(4)9(3)13/h8,10H,5-7H2,1-4H3. The van der Waals surface area contributed by atoms with Gasteiger partial charge in [-0.25, -0.2) is 0 Å². The van der Waals surface area contributed by atoms with Gasteiger partial charge in [0.1, 0.15) is 0 Å². The van der Waals surface area contributed by atoms with Gasteiger partial charge in [-0.2, -0.15) is 0 Å². The van der Waals surface area contributed by atoms with E-state index in [0.717, 1.165) is 19.6 Å². The highest BCUT2D eigenvalue weighted by Crippen LogP contribution is 2.18. The zero-order chi connectivity index (χ0) is 10.0. The summed E-state index contributed by atoms with van der Waals surface area (Å²) in [4.78, 5) is 15.2. The first-order chi connectivity index (χ1) is 6.00. The maximum atomic E-state index is 10.9. The minimum Gasteiger partial charge on any atom is -0.346 e. The van der Waals surface area contributed by atoms with Gasteiger partial charge in [0.15, 0.2) is 0 Å². The Hall–Kier alpha value is -0.570. The number of rotatable bonds is 3. The lowest BCUT2D eigenvalue weighted by Crippen LogP contribution is -2.53. The van der Waals surface area contributed by atoms with Crippen LogP contribution >= 0.6 is 0 Å². The fourth-order valence-electron chi connectivity index (χ4n) is 1.66. The maximum Gasteiger partial charge on any atom is 0.219 e.